The Morgan fingerprint density at radius 3 is 1.41 bits per heavy atom. The van der Waals surface area contributed by atoms with Gasteiger partial charge < -0.3 is 20.4 Å². The molecular formula is C14H12N2O6. The Balaban J connectivity index is 2.09. The van der Waals surface area contributed by atoms with Crippen molar-refractivity contribution in [2.75, 3.05) is 0 Å². The molecule has 6 N–H and O–H groups in total. The van der Waals surface area contributed by atoms with Crippen LogP contribution in [0.2, 0.25) is 0 Å². The third-order valence-electron chi connectivity index (χ3n) is 2.81. The van der Waals surface area contributed by atoms with Crippen molar-refractivity contribution in [2.45, 2.75) is 0 Å². The van der Waals surface area contributed by atoms with E-state index < -0.39 is 34.8 Å². The maximum Gasteiger partial charge on any atom is 0.273 e. The Labute approximate surface area is 124 Å². The van der Waals surface area contributed by atoms with Crippen molar-refractivity contribution in [1.82, 2.24) is 10.9 Å². The van der Waals surface area contributed by atoms with Gasteiger partial charge in [0.2, 0.25) is 0 Å². The van der Waals surface area contributed by atoms with Gasteiger partial charge in [0.1, 0.15) is 0 Å². The second kappa shape index (κ2) is 5.92. The van der Waals surface area contributed by atoms with E-state index in [0.29, 0.717) is 0 Å². The molecule has 0 bridgehead atoms. The third kappa shape index (κ3) is 2.85. The number of amides is 2. The molecule has 0 radical (unpaired) electrons. The minimum atomic E-state index is -0.874. The van der Waals surface area contributed by atoms with Crippen molar-refractivity contribution in [3.63, 3.8) is 0 Å². The van der Waals surface area contributed by atoms with Gasteiger partial charge in [-0.1, -0.05) is 12.1 Å². The van der Waals surface area contributed by atoms with E-state index in [0.717, 1.165) is 0 Å². The van der Waals surface area contributed by atoms with Gasteiger partial charge in [-0.15, -0.1) is 0 Å². The largest absolute Gasteiger partial charge is 0.504 e. The van der Waals surface area contributed by atoms with E-state index in [-0.39, 0.29) is 11.1 Å². The first kappa shape index (κ1) is 15.0. The first-order valence-electron chi connectivity index (χ1n) is 6.04. The number of para-hydroxylation sites is 2. The number of aromatic hydroxyl groups is 4. The fourth-order valence-electron chi connectivity index (χ4n) is 1.68. The lowest BCUT2D eigenvalue weighted by atomic mass is 10.1. The maximum absolute atomic E-state index is 11.8. The van der Waals surface area contributed by atoms with Gasteiger partial charge in [0, 0.05) is 0 Å². The number of carbonyl (C=O) groups is 2. The predicted molar refractivity (Wildman–Crippen MR) is 74.5 cm³/mol. The Bertz CT molecular complexity index is 681. The highest BCUT2D eigenvalue weighted by Crippen LogP contribution is 2.29. The predicted octanol–water partition coefficient (Wildman–Crippen LogP) is 0.584. The fraction of sp³-hybridized carbons (Fsp3) is 0. The molecule has 0 spiro atoms. The summed E-state index contributed by atoms with van der Waals surface area (Å²) < 4.78 is 0. The average molecular weight is 304 g/mol. The number of phenols is 4. The molecule has 0 saturated heterocycles. The van der Waals surface area contributed by atoms with Crippen LogP contribution in [0.4, 0.5) is 0 Å². The molecule has 0 aliphatic heterocycles. The van der Waals surface area contributed by atoms with Gasteiger partial charge >= 0.3 is 0 Å². The molecule has 2 amide bonds. The quantitative estimate of drug-likeness (QED) is 0.354. The van der Waals surface area contributed by atoms with E-state index in [2.05, 4.69) is 0 Å². The van der Waals surface area contributed by atoms with Crippen LogP contribution < -0.4 is 10.9 Å². The molecule has 8 nitrogen and oxygen atoms in total. The van der Waals surface area contributed by atoms with E-state index in [9.17, 15) is 30.0 Å². The number of nitrogens with one attached hydrogen (secondary N) is 2. The van der Waals surface area contributed by atoms with E-state index in [4.69, 9.17) is 0 Å². The Morgan fingerprint density at radius 2 is 1.05 bits per heavy atom. The van der Waals surface area contributed by atoms with Crippen LogP contribution >= 0.6 is 0 Å². The second-order valence-corrected chi connectivity index (χ2v) is 4.25. The van der Waals surface area contributed by atoms with Crippen molar-refractivity contribution in [2.24, 2.45) is 0 Å². The van der Waals surface area contributed by atoms with Crippen molar-refractivity contribution < 1.29 is 30.0 Å². The summed E-state index contributed by atoms with van der Waals surface area (Å²) in [5.41, 5.74) is 3.52. The summed E-state index contributed by atoms with van der Waals surface area (Å²) in [7, 11) is 0. The Kier molecular flexibility index (Phi) is 4.03. The van der Waals surface area contributed by atoms with Gasteiger partial charge in [-0.3, -0.25) is 20.4 Å². The third-order valence-corrected chi connectivity index (χ3v) is 2.81. The number of hydrazine groups is 1. The van der Waals surface area contributed by atoms with E-state index in [1.165, 1.54) is 36.4 Å². The SMILES string of the molecule is O=C(NNC(=O)c1cccc(O)c1O)c1cccc(O)c1O. The number of phenolic OH excluding ortho intramolecular Hbond substituents is 4. The van der Waals surface area contributed by atoms with Crippen LogP contribution in [0.3, 0.4) is 0 Å². The highest BCUT2D eigenvalue weighted by Gasteiger charge is 2.17. The molecule has 8 heteroatoms. The maximum atomic E-state index is 11.8. The normalized spacial score (nSPS) is 10.0. The fourth-order valence-corrected chi connectivity index (χ4v) is 1.68. The molecule has 0 heterocycles. The smallest absolute Gasteiger partial charge is 0.273 e. The molecule has 22 heavy (non-hydrogen) atoms. The molecular weight excluding hydrogens is 292 g/mol. The number of hydrogen-bond donors (Lipinski definition) is 6. The molecule has 0 fully saturated rings. The lowest BCUT2D eigenvalue weighted by Gasteiger charge is -2.10. The van der Waals surface area contributed by atoms with Crippen LogP contribution in [0.5, 0.6) is 23.0 Å². The molecule has 2 aromatic carbocycles. The standard InChI is InChI=1S/C14H12N2O6/c17-9-5-1-3-7(11(9)19)13(21)15-16-14(22)8-4-2-6-10(18)12(8)20/h1-6,17-20H,(H,15,21)(H,16,22). The van der Waals surface area contributed by atoms with Crippen LogP contribution in [0, 0.1) is 0 Å². The van der Waals surface area contributed by atoms with Crippen molar-refractivity contribution in [1.29, 1.82) is 0 Å². The number of carbonyl (C=O) groups excluding carboxylic acids is 2. The molecule has 114 valence electrons. The van der Waals surface area contributed by atoms with Crippen molar-refractivity contribution in [3.05, 3.63) is 47.5 Å². The highest BCUT2D eigenvalue weighted by molar-refractivity contribution is 6.02. The van der Waals surface area contributed by atoms with E-state index >= 15 is 0 Å². The number of hydrogen-bond acceptors (Lipinski definition) is 6. The zero-order chi connectivity index (χ0) is 16.3. The van der Waals surface area contributed by atoms with Gasteiger partial charge in [0.25, 0.3) is 11.8 Å². The minimum Gasteiger partial charge on any atom is -0.504 e. The average Bonchev–Trinajstić information content (AvgIpc) is 2.50. The van der Waals surface area contributed by atoms with Gasteiger partial charge in [-0.25, -0.2) is 0 Å². The second-order valence-electron chi connectivity index (χ2n) is 4.25. The van der Waals surface area contributed by atoms with Crippen molar-refractivity contribution >= 4 is 11.8 Å². The zero-order valence-corrected chi connectivity index (χ0v) is 11.1. The molecule has 0 unspecified atom stereocenters. The zero-order valence-electron chi connectivity index (χ0n) is 11.1. The summed E-state index contributed by atoms with van der Waals surface area (Å²) in [6, 6.07) is 7.54. The summed E-state index contributed by atoms with van der Waals surface area (Å²) in [6.07, 6.45) is 0. The summed E-state index contributed by atoms with van der Waals surface area (Å²) in [5.74, 6) is -3.97. The van der Waals surface area contributed by atoms with Gasteiger partial charge in [0.05, 0.1) is 11.1 Å². The highest BCUT2D eigenvalue weighted by atomic mass is 16.3. The monoisotopic (exact) mass is 304 g/mol. The van der Waals surface area contributed by atoms with Gasteiger partial charge in [-0.05, 0) is 24.3 Å². The van der Waals surface area contributed by atoms with Crippen LogP contribution in [0.1, 0.15) is 20.7 Å². The number of rotatable bonds is 2. The van der Waals surface area contributed by atoms with Crippen LogP contribution in [-0.2, 0) is 0 Å². The summed E-state index contributed by atoms with van der Waals surface area (Å²) >= 11 is 0. The minimum absolute atomic E-state index is 0.250. The lowest BCUT2D eigenvalue weighted by Crippen LogP contribution is -2.41. The van der Waals surface area contributed by atoms with Crippen LogP contribution in [-0.4, -0.2) is 32.2 Å². The number of benzene rings is 2. The Morgan fingerprint density at radius 1 is 0.682 bits per heavy atom. The van der Waals surface area contributed by atoms with E-state index in [1.54, 1.807) is 0 Å². The first-order valence-corrected chi connectivity index (χ1v) is 6.04. The van der Waals surface area contributed by atoms with Crippen molar-refractivity contribution in [3.8, 4) is 23.0 Å². The Hall–Kier alpha value is -3.42. The molecule has 0 saturated carbocycles. The van der Waals surface area contributed by atoms with Crippen LogP contribution in [0.25, 0.3) is 0 Å². The van der Waals surface area contributed by atoms with Gasteiger partial charge in [-0.2, -0.15) is 0 Å². The lowest BCUT2D eigenvalue weighted by molar-refractivity contribution is 0.0843. The molecule has 0 aliphatic carbocycles. The molecule has 0 aliphatic rings. The van der Waals surface area contributed by atoms with Gasteiger partial charge in [0.15, 0.2) is 23.0 Å². The molecule has 0 aromatic heterocycles. The summed E-state index contributed by atoms with van der Waals surface area (Å²) in [6.45, 7) is 0. The summed E-state index contributed by atoms with van der Waals surface area (Å²) in [5, 5.41) is 37.7. The molecule has 2 rings (SSSR count). The van der Waals surface area contributed by atoms with E-state index in [1.807, 2.05) is 10.9 Å². The van der Waals surface area contributed by atoms with Crippen LogP contribution in [0.15, 0.2) is 36.4 Å². The molecule has 2 aromatic rings. The molecule has 0 atom stereocenters. The topological polar surface area (TPSA) is 139 Å². The first-order chi connectivity index (χ1) is 10.4. The summed E-state index contributed by atoms with van der Waals surface area (Å²) in [4.78, 5) is 23.6.